The number of nitrogens with zero attached hydrogens (tertiary/aromatic N) is 4. The summed E-state index contributed by atoms with van der Waals surface area (Å²) >= 11 is 1.03. The first-order chi connectivity index (χ1) is 12.0. The predicted octanol–water partition coefficient (Wildman–Crippen LogP) is 2.44. The Balaban J connectivity index is 1.99. The quantitative estimate of drug-likeness (QED) is 0.634. The second-order valence-electron chi connectivity index (χ2n) is 6.02. The van der Waals surface area contributed by atoms with E-state index in [-0.39, 0.29) is 4.90 Å². The third-order valence-electron chi connectivity index (χ3n) is 3.87. The van der Waals surface area contributed by atoms with Gasteiger partial charge >= 0.3 is 0 Å². The highest BCUT2D eigenvalue weighted by Gasteiger charge is 2.27. The molecule has 0 aliphatic rings. The number of aromatic nitrogens is 2. The molecular weight excluding hydrogens is 356 g/mol. The lowest BCUT2D eigenvalue weighted by Gasteiger charge is -2.24. The Morgan fingerprint density at radius 1 is 0.960 bits per heavy atom. The molecule has 2 aromatic carbocycles. The monoisotopic (exact) mass is 376 g/mol. The Kier molecular flexibility index (Phi) is 5.43. The summed E-state index contributed by atoms with van der Waals surface area (Å²) in [5, 5.41) is 0. The van der Waals surface area contributed by atoms with Crippen LogP contribution in [0.3, 0.4) is 0 Å². The van der Waals surface area contributed by atoms with Crippen LogP contribution in [-0.2, 0) is 16.6 Å². The number of hydrogen-bond acceptors (Lipinski definition) is 6. The summed E-state index contributed by atoms with van der Waals surface area (Å²) in [7, 11) is 0.177. The SMILES string of the molecule is CN(C)CCN(Cc1ccccc1)S(=O)(=O)c1cccc2nsnc12. The van der Waals surface area contributed by atoms with Crippen LogP contribution in [0.2, 0.25) is 0 Å². The fraction of sp³-hybridized carbons (Fsp3) is 0.294. The average Bonchev–Trinajstić information content (AvgIpc) is 3.07. The van der Waals surface area contributed by atoms with Crippen molar-refractivity contribution in [3.8, 4) is 0 Å². The van der Waals surface area contributed by atoms with Gasteiger partial charge in [0, 0.05) is 19.6 Å². The number of hydrogen-bond donors (Lipinski definition) is 0. The van der Waals surface area contributed by atoms with Crippen LogP contribution in [0.25, 0.3) is 11.0 Å². The number of fused-ring (bicyclic) bond motifs is 1. The van der Waals surface area contributed by atoms with Gasteiger partial charge < -0.3 is 4.90 Å². The normalized spacial score (nSPS) is 12.3. The molecule has 132 valence electrons. The Morgan fingerprint density at radius 3 is 2.44 bits per heavy atom. The van der Waals surface area contributed by atoms with Gasteiger partial charge in [-0.2, -0.15) is 13.1 Å². The Bertz CT molecular complexity index is 939. The van der Waals surface area contributed by atoms with E-state index in [0.29, 0.717) is 30.7 Å². The van der Waals surface area contributed by atoms with Crippen molar-refractivity contribution in [2.75, 3.05) is 27.2 Å². The fourth-order valence-corrected chi connectivity index (χ4v) is 4.68. The molecule has 0 saturated carbocycles. The molecule has 0 unspecified atom stereocenters. The van der Waals surface area contributed by atoms with E-state index >= 15 is 0 Å². The maximum atomic E-state index is 13.3. The Labute approximate surface area is 152 Å². The molecule has 0 amide bonds. The van der Waals surface area contributed by atoms with Crippen LogP contribution in [0.1, 0.15) is 5.56 Å². The zero-order chi connectivity index (χ0) is 17.9. The summed E-state index contributed by atoms with van der Waals surface area (Å²) in [4.78, 5) is 2.19. The van der Waals surface area contributed by atoms with E-state index in [0.717, 1.165) is 17.3 Å². The van der Waals surface area contributed by atoms with E-state index in [2.05, 4.69) is 8.75 Å². The molecular formula is C17H20N4O2S2. The van der Waals surface area contributed by atoms with Crippen molar-refractivity contribution < 1.29 is 8.42 Å². The fourth-order valence-electron chi connectivity index (χ4n) is 2.51. The van der Waals surface area contributed by atoms with Gasteiger partial charge in [-0.25, -0.2) is 8.42 Å². The average molecular weight is 377 g/mol. The molecule has 3 aromatic rings. The number of sulfonamides is 1. The van der Waals surface area contributed by atoms with E-state index in [1.54, 1.807) is 18.2 Å². The summed E-state index contributed by atoms with van der Waals surface area (Å²) in [5.41, 5.74) is 2.00. The molecule has 1 heterocycles. The van der Waals surface area contributed by atoms with Crippen LogP contribution in [-0.4, -0.2) is 53.6 Å². The van der Waals surface area contributed by atoms with Gasteiger partial charge in [-0.05, 0) is 31.8 Å². The third-order valence-corrected chi connectivity index (χ3v) is 6.28. The van der Waals surface area contributed by atoms with Crippen LogP contribution >= 0.6 is 11.7 Å². The second-order valence-corrected chi connectivity index (χ2v) is 8.45. The summed E-state index contributed by atoms with van der Waals surface area (Å²) in [6.07, 6.45) is 0. The number of likely N-dealkylation sites (N-methyl/N-ethyl adjacent to an activating group) is 1. The van der Waals surface area contributed by atoms with Gasteiger partial charge in [0.2, 0.25) is 10.0 Å². The molecule has 8 heteroatoms. The summed E-state index contributed by atoms with van der Waals surface area (Å²) in [6, 6.07) is 14.7. The highest BCUT2D eigenvalue weighted by atomic mass is 32.2. The molecule has 0 spiro atoms. The van der Waals surface area contributed by atoms with E-state index in [4.69, 9.17) is 0 Å². The van der Waals surface area contributed by atoms with Gasteiger partial charge in [0.15, 0.2) is 0 Å². The van der Waals surface area contributed by atoms with Gasteiger partial charge in [-0.1, -0.05) is 36.4 Å². The van der Waals surface area contributed by atoms with E-state index in [1.165, 1.54) is 4.31 Å². The predicted molar refractivity (Wildman–Crippen MR) is 100 cm³/mol. The zero-order valence-electron chi connectivity index (χ0n) is 14.2. The Morgan fingerprint density at radius 2 is 1.72 bits per heavy atom. The van der Waals surface area contributed by atoms with Crippen LogP contribution in [0.15, 0.2) is 53.4 Å². The lowest BCUT2D eigenvalue weighted by molar-refractivity contribution is 0.329. The molecule has 0 N–H and O–H groups in total. The summed E-state index contributed by atoms with van der Waals surface area (Å²) in [6.45, 7) is 1.36. The second kappa shape index (κ2) is 7.57. The standard InChI is InChI=1S/C17H20N4O2S2/c1-20(2)11-12-21(13-14-7-4-3-5-8-14)25(22,23)16-10-6-9-15-17(16)19-24-18-15/h3-10H,11-13H2,1-2H3. The molecule has 0 aliphatic heterocycles. The van der Waals surface area contributed by atoms with Gasteiger partial charge in [-0.15, -0.1) is 0 Å². The molecule has 0 bridgehead atoms. The molecule has 0 fully saturated rings. The zero-order valence-corrected chi connectivity index (χ0v) is 15.8. The number of rotatable bonds is 7. The van der Waals surface area contributed by atoms with Crippen LogP contribution in [0, 0.1) is 0 Å². The van der Waals surface area contributed by atoms with E-state index in [1.807, 2.05) is 49.3 Å². The molecule has 3 rings (SSSR count). The highest BCUT2D eigenvalue weighted by Crippen LogP contribution is 2.25. The van der Waals surface area contributed by atoms with E-state index < -0.39 is 10.0 Å². The molecule has 0 atom stereocenters. The van der Waals surface area contributed by atoms with Crippen molar-refractivity contribution in [2.45, 2.75) is 11.4 Å². The largest absolute Gasteiger partial charge is 0.308 e. The first-order valence-electron chi connectivity index (χ1n) is 7.88. The van der Waals surface area contributed by atoms with Crippen molar-refractivity contribution in [3.63, 3.8) is 0 Å². The van der Waals surface area contributed by atoms with Crippen molar-refractivity contribution in [1.29, 1.82) is 0 Å². The molecule has 0 aliphatic carbocycles. The molecule has 25 heavy (non-hydrogen) atoms. The lowest BCUT2D eigenvalue weighted by Crippen LogP contribution is -2.36. The molecule has 1 aromatic heterocycles. The Hall–Kier alpha value is -1.87. The minimum absolute atomic E-state index is 0.216. The van der Waals surface area contributed by atoms with Crippen LogP contribution in [0.5, 0.6) is 0 Å². The first-order valence-corrected chi connectivity index (χ1v) is 10.1. The van der Waals surface area contributed by atoms with Crippen molar-refractivity contribution in [1.82, 2.24) is 18.0 Å². The number of benzene rings is 2. The van der Waals surface area contributed by atoms with Crippen molar-refractivity contribution >= 4 is 32.8 Å². The highest BCUT2D eigenvalue weighted by molar-refractivity contribution is 7.89. The third kappa shape index (κ3) is 4.04. The van der Waals surface area contributed by atoms with Gasteiger partial charge in [-0.3, -0.25) is 0 Å². The smallest absolute Gasteiger partial charge is 0.245 e. The van der Waals surface area contributed by atoms with Gasteiger partial charge in [0.05, 0.1) is 11.7 Å². The summed E-state index contributed by atoms with van der Waals surface area (Å²) in [5.74, 6) is 0. The van der Waals surface area contributed by atoms with Crippen LogP contribution in [0.4, 0.5) is 0 Å². The maximum Gasteiger partial charge on any atom is 0.245 e. The van der Waals surface area contributed by atoms with Gasteiger partial charge in [0.25, 0.3) is 0 Å². The first kappa shape index (κ1) is 17.9. The van der Waals surface area contributed by atoms with Crippen molar-refractivity contribution in [2.24, 2.45) is 0 Å². The van der Waals surface area contributed by atoms with E-state index in [9.17, 15) is 8.42 Å². The molecule has 0 saturated heterocycles. The molecule has 0 radical (unpaired) electrons. The van der Waals surface area contributed by atoms with Crippen molar-refractivity contribution in [3.05, 3.63) is 54.1 Å². The topological polar surface area (TPSA) is 66.4 Å². The minimum atomic E-state index is -3.68. The minimum Gasteiger partial charge on any atom is -0.308 e. The lowest BCUT2D eigenvalue weighted by atomic mass is 10.2. The maximum absolute atomic E-state index is 13.3. The van der Waals surface area contributed by atoms with Gasteiger partial charge in [0.1, 0.15) is 15.9 Å². The van der Waals surface area contributed by atoms with Crippen LogP contribution < -0.4 is 0 Å². The molecule has 6 nitrogen and oxygen atoms in total. The summed E-state index contributed by atoms with van der Waals surface area (Å²) < 4.78 is 36.5.